The molecule has 36 heavy (non-hydrogen) atoms. The van der Waals surface area contributed by atoms with Crippen molar-refractivity contribution in [3.8, 4) is 0 Å². The summed E-state index contributed by atoms with van der Waals surface area (Å²) in [6, 6.07) is 5.52. The number of fused-ring (bicyclic) bond motifs is 2. The Morgan fingerprint density at radius 1 is 0.944 bits per heavy atom. The number of halogens is 6. The molecule has 1 atom stereocenters. The van der Waals surface area contributed by atoms with Gasteiger partial charge in [0.15, 0.2) is 0 Å². The summed E-state index contributed by atoms with van der Waals surface area (Å²) in [6.45, 7) is 0.450. The van der Waals surface area contributed by atoms with Crippen molar-refractivity contribution in [1.29, 1.82) is 0 Å². The molecule has 5 rings (SSSR count). The largest absolute Gasteiger partial charge is 0.416 e. The fraction of sp³-hybridized carbons (Fsp3) is 0.458. The average Bonchev–Trinajstić information content (AvgIpc) is 3.39. The molecule has 2 aromatic carbocycles. The van der Waals surface area contributed by atoms with Crippen molar-refractivity contribution in [3.05, 3.63) is 63.7 Å². The number of alkyl halides is 6. The third kappa shape index (κ3) is 4.85. The summed E-state index contributed by atoms with van der Waals surface area (Å²) in [6.07, 6.45) is -5.53. The first-order chi connectivity index (χ1) is 17.0. The minimum atomic E-state index is -4.93. The highest BCUT2D eigenvalue weighted by Gasteiger charge is 2.38. The number of tetrazole rings is 1. The SMILES string of the molecule is Cn1nnc(N(Cc2cc(C(F)(F)F)cc(C(F)(F)F)c2)[C@H]2CCCNc3cc4c(cc32)CCC4)n1. The molecule has 0 fully saturated rings. The minimum Gasteiger partial charge on any atom is -0.385 e. The Kier molecular flexibility index (Phi) is 6.08. The Morgan fingerprint density at radius 2 is 1.61 bits per heavy atom. The van der Waals surface area contributed by atoms with Gasteiger partial charge >= 0.3 is 12.4 Å². The Balaban J connectivity index is 1.61. The Labute approximate surface area is 203 Å². The van der Waals surface area contributed by atoms with Crippen molar-refractivity contribution in [2.75, 3.05) is 16.8 Å². The molecule has 0 amide bonds. The fourth-order valence-electron chi connectivity index (χ4n) is 5.09. The zero-order chi connectivity index (χ0) is 25.7. The topological polar surface area (TPSA) is 58.9 Å². The van der Waals surface area contributed by atoms with Crippen LogP contribution in [0.25, 0.3) is 0 Å². The van der Waals surface area contributed by atoms with Gasteiger partial charge < -0.3 is 10.2 Å². The van der Waals surface area contributed by atoms with Gasteiger partial charge in [-0.2, -0.15) is 31.1 Å². The van der Waals surface area contributed by atoms with E-state index in [1.807, 2.05) is 0 Å². The van der Waals surface area contributed by atoms with Crippen LogP contribution in [-0.4, -0.2) is 26.8 Å². The van der Waals surface area contributed by atoms with E-state index in [0.29, 0.717) is 13.0 Å². The third-order valence-electron chi connectivity index (χ3n) is 6.72. The number of hydrogen-bond donors (Lipinski definition) is 1. The van der Waals surface area contributed by atoms with Crippen LogP contribution in [0.3, 0.4) is 0 Å². The van der Waals surface area contributed by atoms with E-state index < -0.39 is 23.5 Å². The molecule has 0 unspecified atom stereocenters. The van der Waals surface area contributed by atoms with Crippen molar-refractivity contribution >= 4 is 11.6 Å². The van der Waals surface area contributed by atoms with Crippen LogP contribution in [-0.2, 0) is 38.8 Å². The normalized spacial score (nSPS) is 17.8. The zero-order valence-electron chi connectivity index (χ0n) is 19.4. The molecule has 192 valence electrons. The molecular weight excluding hydrogens is 486 g/mol. The molecule has 0 bridgehead atoms. The van der Waals surface area contributed by atoms with Gasteiger partial charge in [0, 0.05) is 18.8 Å². The van der Waals surface area contributed by atoms with Gasteiger partial charge in [0.05, 0.1) is 24.2 Å². The van der Waals surface area contributed by atoms with Gasteiger partial charge in [-0.25, -0.2) is 0 Å². The van der Waals surface area contributed by atoms with Crippen LogP contribution in [0.5, 0.6) is 0 Å². The summed E-state index contributed by atoms with van der Waals surface area (Å²) in [4.78, 5) is 2.88. The first kappa shape index (κ1) is 24.4. The highest BCUT2D eigenvalue weighted by Crippen LogP contribution is 2.41. The number of rotatable bonds is 4. The van der Waals surface area contributed by atoms with Crippen molar-refractivity contribution in [2.24, 2.45) is 7.05 Å². The van der Waals surface area contributed by atoms with Crippen LogP contribution >= 0.6 is 0 Å². The van der Waals surface area contributed by atoms with E-state index in [1.165, 1.54) is 15.9 Å². The standard InChI is InChI=1S/C24H24F6N6/c1-35-33-22(32-34-35)36(13-14-8-17(23(25,26)27)12-18(9-14)24(28,29)30)21-6-3-7-31-20-11-16-5-2-4-15(16)10-19(20)21/h8-12,21,31H,2-7,13H2,1H3/t21-/m0/s1. The lowest BCUT2D eigenvalue weighted by Gasteiger charge is -2.32. The van der Waals surface area contributed by atoms with E-state index in [2.05, 4.69) is 32.9 Å². The number of benzene rings is 2. The van der Waals surface area contributed by atoms with Gasteiger partial charge in [-0.1, -0.05) is 11.2 Å². The molecule has 1 aromatic heterocycles. The number of hydrogen-bond acceptors (Lipinski definition) is 5. The summed E-state index contributed by atoms with van der Waals surface area (Å²) in [5, 5.41) is 15.6. The van der Waals surface area contributed by atoms with Gasteiger partial charge in [-0.3, -0.25) is 0 Å². The van der Waals surface area contributed by atoms with Crippen LogP contribution in [0.15, 0.2) is 30.3 Å². The van der Waals surface area contributed by atoms with Gasteiger partial charge in [-0.05, 0) is 83.8 Å². The van der Waals surface area contributed by atoms with Crippen LogP contribution in [0.1, 0.15) is 58.7 Å². The quantitative estimate of drug-likeness (QED) is 0.457. The molecule has 0 spiro atoms. The van der Waals surface area contributed by atoms with Crippen LogP contribution in [0, 0.1) is 0 Å². The maximum absolute atomic E-state index is 13.5. The highest BCUT2D eigenvalue weighted by molar-refractivity contribution is 5.60. The van der Waals surface area contributed by atoms with E-state index in [4.69, 9.17) is 0 Å². The molecule has 0 saturated heterocycles. The predicted molar refractivity (Wildman–Crippen MR) is 120 cm³/mol. The van der Waals surface area contributed by atoms with Gasteiger partial charge in [-0.15, -0.1) is 5.10 Å². The predicted octanol–water partition coefficient (Wildman–Crippen LogP) is 5.69. The lowest BCUT2D eigenvalue weighted by Crippen LogP contribution is -2.30. The maximum Gasteiger partial charge on any atom is 0.416 e. The van der Waals surface area contributed by atoms with Gasteiger partial charge in [0.25, 0.3) is 5.95 Å². The lowest BCUT2D eigenvalue weighted by molar-refractivity contribution is -0.143. The van der Waals surface area contributed by atoms with Crippen molar-refractivity contribution < 1.29 is 26.3 Å². The third-order valence-corrected chi connectivity index (χ3v) is 6.72. The Morgan fingerprint density at radius 3 is 2.22 bits per heavy atom. The van der Waals surface area contributed by atoms with Crippen LogP contribution < -0.4 is 10.2 Å². The second kappa shape index (κ2) is 8.97. The van der Waals surface area contributed by atoms with E-state index in [9.17, 15) is 26.3 Å². The number of aromatic nitrogens is 4. The zero-order valence-corrected chi connectivity index (χ0v) is 19.4. The second-order valence-electron chi connectivity index (χ2n) is 9.27. The molecule has 12 heteroatoms. The fourth-order valence-corrected chi connectivity index (χ4v) is 5.09. The van der Waals surface area contributed by atoms with Crippen molar-refractivity contribution in [3.63, 3.8) is 0 Å². The van der Waals surface area contributed by atoms with E-state index in [-0.39, 0.29) is 30.2 Å². The summed E-state index contributed by atoms with van der Waals surface area (Å²) in [5.41, 5.74) is 1.51. The highest BCUT2D eigenvalue weighted by atomic mass is 19.4. The van der Waals surface area contributed by atoms with Crippen LogP contribution in [0.4, 0.5) is 38.0 Å². The number of nitrogens with one attached hydrogen (secondary N) is 1. The lowest BCUT2D eigenvalue weighted by atomic mass is 9.95. The minimum absolute atomic E-state index is 0.135. The van der Waals surface area contributed by atoms with E-state index in [0.717, 1.165) is 49.1 Å². The van der Waals surface area contributed by atoms with E-state index >= 15 is 0 Å². The molecule has 0 saturated carbocycles. The summed E-state index contributed by atoms with van der Waals surface area (Å²) in [5.74, 6) is 0.141. The Bertz CT molecular complexity index is 1230. The number of nitrogens with zero attached hydrogens (tertiary/aromatic N) is 5. The van der Waals surface area contributed by atoms with Crippen molar-refractivity contribution in [2.45, 2.75) is 57.0 Å². The van der Waals surface area contributed by atoms with Gasteiger partial charge in [0.2, 0.25) is 0 Å². The molecule has 0 radical (unpaired) electrons. The van der Waals surface area contributed by atoms with Crippen molar-refractivity contribution in [1.82, 2.24) is 20.2 Å². The molecular formula is C24H24F6N6. The molecule has 2 heterocycles. The monoisotopic (exact) mass is 510 g/mol. The smallest absolute Gasteiger partial charge is 0.385 e. The summed E-state index contributed by atoms with van der Waals surface area (Å²) < 4.78 is 81.0. The second-order valence-corrected chi connectivity index (χ2v) is 9.27. The first-order valence-electron chi connectivity index (χ1n) is 11.7. The average molecular weight is 510 g/mol. The molecule has 6 nitrogen and oxygen atoms in total. The Hall–Kier alpha value is -3.31. The molecule has 1 aliphatic carbocycles. The number of anilines is 2. The van der Waals surface area contributed by atoms with Crippen LogP contribution in [0.2, 0.25) is 0 Å². The first-order valence-corrected chi connectivity index (χ1v) is 11.7. The summed E-state index contributed by atoms with van der Waals surface area (Å²) in [7, 11) is 1.55. The maximum atomic E-state index is 13.5. The number of aryl methyl sites for hydroxylation is 3. The van der Waals surface area contributed by atoms with Gasteiger partial charge in [0.1, 0.15) is 0 Å². The molecule has 1 N–H and O–H groups in total. The summed E-state index contributed by atoms with van der Waals surface area (Å²) >= 11 is 0. The molecule has 1 aliphatic heterocycles. The molecule has 3 aromatic rings. The molecule has 2 aliphatic rings. The van der Waals surface area contributed by atoms with E-state index in [1.54, 1.807) is 11.9 Å².